The van der Waals surface area contributed by atoms with Crippen molar-refractivity contribution in [3.8, 4) is 5.75 Å². The molecular weight excluding hydrogens is 330 g/mol. The lowest BCUT2D eigenvalue weighted by Crippen LogP contribution is -2.49. The van der Waals surface area contributed by atoms with Crippen molar-refractivity contribution in [3.63, 3.8) is 0 Å². The van der Waals surface area contributed by atoms with Crippen LogP contribution in [0.1, 0.15) is 39.2 Å². The number of nitrogens with one attached hydrogen (secondary N) is 1. The summed E-state index contributed by atoms with van der Waals surface area (Å²) in [4.78, 5) is 28.5. The van der Waals surface area contributed by atoms with Gasteiger partial charge in [0, 0.05) is 38.1 Å². The van der Waals surface area contributed by atoms with Crippen LogP contribution in [-0.2, 0) is 11.2 Å². The van der Waals surface area contributed by atoms with Gasteiger partial charge in [-0.2, -0.15) is 0 Å². The Morgan fingerprint density at radius 1 is 1.04 bits per heavy atom. The Labute approximate surface area is 156 Å². The average Bonchev–Trinajstić information content (AvgIpc) is 2.85. The summed E-state index contributed by atoms with van der Waals surface area (Å²) < 4.78 is 5.15. The van der Waals surface area contributed by atoms with Crippen LogP contribution in [0.3, 0.4) is 0 Å². The molecule has 1 fully saturated rings. The Hall–Kier alpha value is -2.24. The van der Waals surface area contributed by atoms with E-state index < -0.39 is 0 Å². The van der Waals surface area contributed by atoms with Gasteiger partial charge in [0.1, 0.15) is 5.75 Å². The maximum absolute atomic E-state index is 12.5. The smallest absolute Gasteiger partial charge is 0.317 e. The molecule has 0 spiro atoms. The van der Waals surface area contributed by atoms with Gasteiger partial charge in [-0.05, 0) is 51.3 Å². The molecule has 1 aliphatic heterocycles. The number of aryl methyl sites for hydroxylation is 1. The summed E-state index contributed by atoms with van der Waals surface area (Å²) in [6.07, 6.45) is 2.01. The molecule has 0 saturated carbocycles. The third-order valence-corrected chi connectivity index (χ3v) is 4.40. The van der Waals surface area contributed by atoms with E-state index in [1.54, 1.807) is 7.11 Å². The van der Waals surface area contributed by atoms with Gasteiger partial charge in [0.2, 0.25) is 5.91 Å². The quantitative estimate of drug-likeness (QED) is 0.897. The van der Waals surface area contributed by atoms with Crippen molar-refractivity contribution in [3.05, 3.63) is 29.8 Å². The van der Waals surface area contributed by atoms with Gasteiger partial charge in [0.25, 0.3) is 0 Å². The summed E-state index contributed by atoms with van der Waals surface area (Å²) in [5, 5.41) is 2.99. The molecule has 2 rings (SSSR count). The van der Waals surface area contributed by atoms with Gasteiger partial charge >= 0.3 is 6.03 Å². The molecule has 0 atom stereocenters. The minimum absolute atomic E-state index is 0.0509. The van der Waals surface area contributed by atoms with E-state index >= 15 is 0 Å². The second-order valence-electron chi connectivity index (χ2n) is 7.75. The van der Waals surface area contributed by atoms with E-state index in [2.05, 4.69) is 5.32 Å². The topological polar surface area (TPSA) is 61.9 Å². The number of hydrogen-bond acceptors (Lipinski definition) is 3. The zero-order valence-corrected chi connectivity index (χ0v) is 16.4. The van der Waals surface area contributed by atoms with Crippen LogP contribution in [0, 0.1) is 0 Å². The molecule has 0 aromatic heterocycles. The predicted molar refractivity (Wildman–Crippen MR) is 102 cm³/mol. The second-order valence-corrected chi connectivity index (χ2v) is 7.75. The summed E-state index contributed by atoms with van der Waals surface area (Å²) in [6, 6.07) is 7.76. The van der Waals surface area contributed by atoms with Crippen LogP contribution >= 0.6 is 0 Å². The Morgan fingerprint density at radius 3 is 2.27 bits per heavy atom. The predicted octanol–water partition coefficient (Wildman–Crippen LogP) is 2.67. The SMILES string of the molecule is COc1ccc(CCC(=O)N2CCCN(C(=O)NC(C)(C)C)CC2)cc1. The summed E-state index contributed by atoms with van der Waals surface area (Å²) in [5.74, 6) is 0.972. The van der Waals surface area contributed by atoms with Crippen LogP contribution in [0.25, 0.3) is 0 Å². The lowest BCUT2D eigenvalue weighted by molar-refractivity contribution is -0.131. The van der Waals surface area contributed by atoms with Gasteiger partial charge in [-0.1, -0.05) is 12.1 Å². The first kappa shape index (κ1) is 20.1. The summed E-state index contributed by atoms with van der Waals surface area (Å²) in [5.41, 5.74) is 0.872. The van der Waals surface area contributed by atoms with Crippen molar-refractivity contribution in [1.29, 1.82) is 0 Å². The third kappa shape index (κ3) is 6.24. The van der Waals surface area contributed by atoms with Gasteiger partial charge in [-0.15, -0.1) is 0 Å². The largest absolute Gasteiger partial charge is 0.497 e. The van der Waals surface area contributed by atoms with Crippen LogP contribution in [0.4, 0.5) is 4.79 Å². The molecule has 3 amide bonds. The molecule has 144 valence electrons. The first-order chi connectivity index (χ1) is 12.3. The molecule has 1 saturated heterocycles. The van der Waals surface area contributed by atoms with Crippen LogP contribution in [0.2, 0.25) is 0 Å². The fourth-order valence-corrected chi connectivity index (χ4v) is 2.97. The molecule has 26 heavy (non-hydrogen) atoms. The van der Waals surface area contributed by atoms with Gasteiger partial charge in [-0.3, -0.25) is 4.79 Å². The van der Waals surface area contributed by atoms with Crippen LogP contribution in [-0.4, -0.2) is 60.6 Å². The second kappa shape index (κ2) is 8.92. The molecule has 1 N–H and O–H groups in total. The molecule has 1 heterocycles. The van der Waals surface area contributed by atoms with Gasteiger partial charge < -0.3 is 19.9 Å². The maximum atomic E-state index is 12.5. The highest BCUT2D eigenvalue weighted by Gasteiger charge is 2.24. The molecule has 0 aliphatic carbocycles. The van der Waals surface area contributed by atoms with E-state index in [9.17, 15) is 9.59 Å². The average molecular weight is 361 g/mol. The fraction of sp³-hybridized carbons (Fsp3) is 0.600. The zero-order chi connectivity index (χ0) is 19.2. The summed E-state index contributed by atoms with van der Waals surface area (Å²) >= 11 is 0. The Balaban J connectivity index is 1.81. The highest BCUT2D eigenvalue weighted by Crippen LogP contribution is 2.14. The van der Waals surface area contributed by atoms with Gasteiger partial charge in [0.05, 0.1) is 7.11 Å². The first-order valence-electron chi connectivity index (χ1n) is 9.26. The number of amides is 3. The lowest BCUT2D eigenvalue weighted by atomic mass is 10.1. The molecule has 0 bridgehead atoms. The van der Waals surface area contributed by atoms with Crippen molar-refractivity contribution in [1.82, 2.24) is 15.1 Å². The van der Waals surface area contributed by atoms with Crippen LogP contribution in [0.5, 0.6) is 5.75 Å². The van der Waals surface area contributed by atoms with E-state index in [-0.39, 0.29) is 17.5 Å². The number of carbonyl (C=O) groups excluding carboxylic acids is 2. The number of methoxy groups -OCH3 is 1. The molecule has 0 unspecified atom stereocenters. The van der Waals surface area contributed by atoms with E-state index in [4.69, 9.17) is 4.74 Å². The first-order valence-corrected chi connectivity index (χ1v) is 9.26. The van der Waals surface area contributed by atoms with Gasteiger partial charge in [0.15, 0.2) is 0 Å². The van der Waals surface area contributed by atoms with Crippen molar-refractivity contribution < 1.29 is 14.3 Å². The fourth-order valence-electron chi connectivity index (χ4n) is 2.97. The highest BCUT2D eigenvalue weighted by atomic mass is 16.5. The minimum atomic E-state index is -0.253. The van der Waals surface area contributed by atoms with Crippen LogP contribution in [0.15, 0.2) is 24.3 Å². The monoisotopic (exact) mass is 361 g/mol. The van der Waals surface area contributed by atoms with Crippen molar-refractivity contribution >= 4 is 11.9 Å². The molecule has 6 heteroatoms. The number of urea groups is 1. The molecule has 1 aromatic rings. The standard InChI is InChI=1S/C20H31N3O3/c1-20(2,3)21-19(25)23-13-5-12-22(14-15-23)18(24)11-8-16-6-9-17(26-4)10-7-16/h6-7,9-10H,5,8,11-15H2,1-4H3,(H,21,25). The molecule has 6 nitrogen and oxygen atoms in total. The zero-order valence-electron chi connectivity index (χ0n) is 16.4. The van der Waals surface area contributed by atoms with E-state index in [0.29, 0.717) is 39.0 Å². The van der Waals surface area contributed by atoms with Crippen molar-refractivity contribution in [2.75, 3.05) is 33.3 Å². The molecule has 1 aliphatic rings. The van der Waals surface area contributed by atoms with Crippen molar-refractivity contribution in [2.24, 2.45) is 0 Å². The number of hydrogen-bond donors (Lipinski definition) is 1. The van der Waals surface area contributed by atoms with Crippen LogP contribution < -0.4 is 10.1 Å². The summed E-state index contributed by atoms with van der Waals surface area (Å²) in [6.45, 7) is 8.48. The minimum Gasteiger partial charge on any atom is -0.497 e. The molecular formula is C20H31N3O3. The Bertz CT molecular complexity index is 608. The van der Waals surface area contributed by atoms with Gasteiger partial charge in [-0.25, -0.2) is 4.79 Å². The number of rotatable bonds is 4. The number of ether oxygens (including phenoxy) is 1. The number of benzene rings is 1. The lowest BCUT2D eigenvalue weighted by Gasteiger charge is -2.27. The van der Waals surface area contributed by atoms with E-state index in [1.165, 1.54) is 0 Å². The molecule has 1 aromatic carbocycles. The van der Waals surface area contributed by atoms with E-state index in [0.717, 1.165) is 17.7 Å². The Morgan fingerprint density at radius 2 is 1.65 bits per heavy atom. The third-order valence-electron chi connectivity index (χ3n) is 4.40. The summed E-state index contributed by atoms with van der Waals surface area (Å²) in [7, 11) is 1.64. The number of nitrogens with zero attached hydrogens (tertiary/aromatic N) is 2. The van der Waals surface area contributed by atoms with Crippen molar-refractivity contribution in [2.45, 2.75) is 45.6 Å². The molecule has 0 radical (unpaired) electrons. The normalized spacial score (nSPS) is 15.4. The maximum Gasteiger partial charge on any atom is 0.317 e. The van der Waals surface area contributed by atoms with E-state index in [1.807, 2.05) is 54.8 Å². The highest BCUT2D eigenvalue weighted by molar-refractivity contribution is 5.77. The Kier molecular flexibility index (Phi) is 6.89. The number of carbonyl (C=O) groups is 2.